The molecule has 1 heterocycles. The van der Waals surface area contributed by atoms with Gasteiger partial charge in [0, 0.05) is 12.6 Å². The average Bonchev–Trinajstić information content (AvgIpc) is 2.76. The Kier molecular flexibility index (Phi) is 7.55. The number of hydrogen-bond acceptors (Lipinski definition) is 5. The number of carbonyl (C=O) groups excluding carboxylic acids is 2. The molecule has 1 amide bonds. The molecule has 1 saturated carbocycles. The number of esters is 1. The van der Waals surface area contributed by atoms with Crippen molar-refractivity contribution in [1.29, 1.82) is 0 Å². The Morgan fingerprint density at radius 3 is 2.69 bits per heavy atom. The van der Waals surface area contributed by atoms with Gasteiger partial charge in [-0.3, -0.25) is 4.79 Å². The lowest BCUT2D eigenvalue weighted by molar-refractivity contribution is -0.156. The minimum atomic E-state index is -0.560. The van der Waals surface area contributed by atoms with Crippen LogP contribution in [0.1, 0.15) is 51.0 Å². The van der Waals surface area contributed by atoms with E-state index in [-0.39, 0.29) is 19.1 Å². The molecule has 0 N–H and O–H groups in total. The Labute approximate surface area is 172 Å². The molecular formula is C23H31NO5. The number of fused-ring (bicyclic) bond motifs is 1. The fourth-order valence-corrected chi connectivity index (χ4v) is 4.44. The van der Waals surface area contributed by atoms with Crippen LogP contribution in [0.3, 0.4) is 0 Å². The zero-order valence-corrected chi connectivity index (χ0v) is 17.4. The monoisotopic (exact) mass is 401 g/mol. The molecule has 0 unspecified atom stereocenters. The molecule has 1 aromatic carbocycles. The van der Waals surface area contributed by atoms with Gasteiger partial charge < -0.3 is 19.1 Å². The number of hydrogen-bond donors (Lipinski definition) is 0. The summed E-state index contributed by atoms with van der Waals surface area (Å²) in [5.74, 6) is 0.961. The van der Waals surface area contributed by atoms with E-state index in [9.17, 15) is 9.59 Å². The molecule has 1 aromatic rings. The van der Waals surface area contributed by atoms with Crippen LogP contribution in [0, 0.1) is 5.92 Å². The van der Waals surface area contributed by atoms with Gasteiger partial charge in [-0.1, -0.05) is 31.1 Å². The van der Waals surface area contributed by atoms with E-state index in [4.69, 9.17) is 14.2 Å². The third-order valence-corrected chi connectivity index (χ3v) is 5.81. The van der Waals surface area contributed by atoms with Gasteiger partial charge >= 0.3 is 5.97 Å². The lowest BCUT2D eigenvalue weighted by atomic mass is 9.78. The molecule has 0 spiro atoms. The van der Waals surface area contributed by atoms with E-state index in [0.717, 1.165) is 24.9 Å². The van der Waals surface area contributed by atoms with Crippen molar-refractivity contribution in [3.63, 3.8) is 0 Å². The fraction of sp³-hybridized carbons (Fsp3) is 0.565. The molecular weight excluding hydrogens is 370 g/mol. The maximum absolute atomic E-state index is 12.6. The molecule has 2 atom stereocenters. The molecule has 2 fully saturated rings. The maximum atomic E-state index is 12.6. The van der Waals surface area contributed by atoms with E-state index in [0.29, 0.717) is 23.5 Å². The van der Waals surface area contributed by atoms with Gasteiger partial charge in [-0.05, 0) is 56.2 Å². The standard InChI is InChI=1S/C23H31NO5/c1-3-7-17-11-12-20(21(14-17)27-2)28-16-23(26)29-15-22(25)24-13-6-9-18-8-4-5-10-19(18)24/h3,7,11-12,14,18-19H,4-6,8-10,13,15-16H2,1-2H3/b7-3+/t18-,19+/m1/s1. The van der Waals surface area contributed by atoms with E-state index in [1.807, 2.05) is 36.1 Å². The van der Waals surface area contributed by atoms with Crippen LogP contribution in [0.4, 0.5) is 0 Å². The minimum absolute atomic E-state index is 0.0942. The predicted octanol–water partition coefficient (Wildman–Crippen LogP) is 3.83. The van der Waals surface area contributed by atoms with Crippen LogP contribution < -0.4 is 9.47 Å². The number of methoxy groups -OCH3 is 1. The van der Waals surface area contributed by atoms with Gasteiger partial charge in [0.05, 0.1) is 7.11 Å². The summed E-state index contributed by atoms with van der Waals surface area (Å²) in [6.07, 6.45) is 10.8. The second-order valence-electron chi connectivity index (χ2n) is 7.70. The number of allylic oxidation sites excluding steroid dienone is 1. The van der Waals surface area contributed by atoms with Crippen LogP contribution in [0.25, 0.3) is 6.08 Å². The van der Waals surface area contributed by atoms with Crippen molar-refractivity contribution in [3.8, 4) is 11.5 Å². The third-order valence-electron chi connectivity index (χ3n) is 5.81. The quantitative estimate of drug-likeness (QED) is 0.650. The van der Waals surface area contributed by atoms with Gasteiger partial charge in [-0.25, -0.2) is 4.79 Å². The normalized spacial score (nSPS) is 21.5. The number of benzene rings is 1. The first-order valence-corrected chi connectivity index (χ1v) is 10.5. The molecule has 29 heavy (non-hydrogen) atoms. The summed E-state index contributed by atoms with van der Waals surface area (Å²) in [6, 6.07) is 5.79. The van der Waals surface area contributed by atoms with Crippen LogP contribution in [-0.2, 0) is 14.3 Å². The van der Waals surface area contributed by atoms with Crippen molar-refractivity contribution in [2.75, 3.05) is 26.9 Å². The molecule has 0 aromatic heterocycles. The largest absolute Gasteiger partial charge is 0.493 e. The summed E-state index contributed by atoms with van der Waals surface area (Å²) in [5, 5.41) is 0. The third kappa shape index (κ3) is 5.52. The number of rotatable bonds is 7. The van der Waals surface area contributed by atoms with Crippen LogP contribution in [0.15, 0.2) is 24.3 Å². The van der Waals surface area contributed by atoms with Gasteiger partial charge in [0.2, 0.25) is 0 Å². The van der Waals surface area contributed by atoms with Gasteiger partial charge in [-0.2, -0.15) is 0 Å². The van der Waals surface area contributed by atoms with Crippen molar-refractivity contribution in [1.82, 2.24) is 4.90 Å². The van der Waals surface area contributed by atoms with E-state index in [2.05, 4.69) is 0 Å². The highest BCUT2D eigenvalue weighted by Crippen LogP contribution is 2.35. The van der Waals surface area contributed by atoms with Gasteiger partial charge in [0.1, 0.15) is 0 Å². The van der Waals surface area contributed by atoms with Gasteiger partial charge in [0.25, 0.3) is 5.91 Å². The van der Waals surface area contributed by atoms with Crippen LogP contribution in [-0.4, -0.2) is 49.7 Å². The van der Waals surface area contributed by atoms with Crippen molar-refractivity contribution >= 4 is 18.0 Å². The number of piperidine rings is 1. The molecule has 1 aliphatic heterocycles. The first-order valence-electron chi connectivity index (χ1n) is 10.5. The lowest BCUT2D eigenvalue weighted by Crippen LogP contribution is -2.51. The smallest absolute Gasteiger partial charge is 0.344 e. The van der Waals surface area contributed by atoms with E-state index >= 15 is 0 Å². The van der Waals surface area contributed by atoms with E-state index < -0.39 is 5.97 Å². The number of nitrogens with zero attached hydrogens (tertiary/aromatic N) is 1. The summed E-state index contributed by atoms with van der Waals surface area (Å²) in [7, 11) is 1.55. The average molecular weight is 402 g/mol. The van der Waals surface area contributed by atoms with Crippen LogP contribution in [0.2, 0.25) is 0 Å². The molecule has 158 valence electrons. The maximum Gasteiger partial charge on any atom is 0.344 e. The Morgan fingerprint density at radius 2 is 1.90 bits per heavy atom. The van der Waals surface area contributed by atoms with Crippen LogP contribution in [0.5, 0.6) is 11.5 Å². The zero-order chi connectivity index (χ0) is 20.6. The molecule has 6 nitrogen and oxygen atoms in total. The highest BCUT2D eigenvalue weighted by atomic mass is 16.6. The molecule has 0 bridgehead atoms. The fourth-order valence-electron chi connectivity index (χ4n) is 4.44. The first-order chi connectivity index (χ1) is 14.1. The second kappa shape index (κ2) is 10.3. The molecule has 0 radical (unpaired) electrons. The Bertz CT molecular complexity index is 743. The summed E-state index contributed by atoms with van der Waals surface area (Å²) >= 11 is 0. The minimum Gasteiger partial charge on any atom is -0.493 e. The summed E-state index contributed by atoms with van der Waals surface area (Å²) in [4.78, 5) is 26.6. The Balaban J connectivity index is 1.48. The van der Waals surface area contributed by atoms with E-state index in [1.165, 1.54) is 25.7 Å². The molecule has 2 aliphatic rings. The van der Waals surface area contributed by atoms with Gasteiger partial charge in [-0.15, -0.1) is 0 Å². The highest BCUT2D eigenvalue weighted by Gasteiger charge is 2.35. The summed E-state index contributed by atoms with van der Waals surface area (Å²) in [5.41, 5.74) is 0.979. The predicted molar refractivity (Wildman–Crippen MR) is 111 cm³/mol. The molecule has 6 heteroatoms. The van der Waals surface area contributed by atoms with Crippen molar-refractivity contribution in [2.24, 2.45) is 5.92 Å². The SMILES string of the molecule is C/C=C/c1ccc(OCC(=O)OCC(=O)N2CCC[C@H]3CCCC[C@@H]32)c(OC)c1. The Morgan fingerprint density at radius 1 is 1.10 bits per heavy atom. The number of carbonyl (C=O) groups is 2. The first kappa shape index (κ1) is 21.2. The number of ether oxygens (including phenoxy) is 3. The van der Waals surface area contributed by atoms with Crippen molar-refractivity contribution in [3.05, 3.63) is 29.8 Å². The summed E-state index contributed by atoms with van der Waals surface area (Å²) in [6.45, 7) is 2.22. The highest BCUT2D eigenvalue weighted by molar-refractivity contribution is 5.81. The topological polar surface area (TPSA) is 65.1 Å². The van der Waals surface area contributed by atoms with Crippen LogP contribution >= 0.6 is 0 Å². The molecule has 1 saturated heterocycles. The molecule has 3 rings (SSSR count). The van der Waals surface area contributed by atoms with E-state index in [1.54, 1.807) is 13.2 Å². The van der Waals surface area contributed by atoms with Crippen molar-refractivity contribution < 1.29 is 23.8 Å². The summed E-state index contributed by atoms with van der Waals surface area (Å²) < 4.78 is 16.0. The Hall–Kier alpha value is -2.50. The second-order valence-corrected chi connectivity index (χ2v) is 7.70. The molecule has 1 aliphatic carbocycles. The lowest BCUT2D eigenvalue weighted by Gasteiger charge is -2.44. The van der Waals surface area contributed by atoms with Gasteiger partial charge in [0.15, 0.2) is 24.7 Å². The zero-order valence-electron chi connectivity index (χ0n) is 17.4. The number of amides is 1. The van der Waals surface area contributed by atoms with Crippen molar-refractivity contribution in [2.45, 2.75) is 51.5 Å². The number of likely N-dealkylation sites (tertiary alicyclic amines) is 1.